The molecule has 0 atom stereocenters. The summed E-state index contributed by atoms with van der Waals surface area (Å²) in [4.78, 5) is 16.1. The van der Waals surface area contributed by atoms with E-state index < -0.39 is 5.82 Å². The number of nitrogens with zero attached hydrogens (tertiary/aromatic N) is 3. The van der Waals surface area contributed by atoms with Gasteiger partial charge in [0.15, 0.2) is 0 Å². The van der Waals surface area contributed by atoms with Gasteiger partial charge >= 0.3 is 0 Å². The average Bonchev–Trinajstić information content (AvgIpc) is 2.61. The highest BCUT2D eigenvalue weighted by Crippen LogP contribution is 2.18. The molecule has 0 saturated heterocycles. The van der Waals surface area contributed by atoms with E-state index in [9.17, 15) is 9.18 Å². The summed E-state index contributed by atoms with van der Waals surface area (Å²) in [6.45, 7) is 0. The molecule has 120 valence electrons. The van der Waals surface area contributed by atoms with Gasteiger partial charge in [0, 0.05) is 11.9 Å². The molecule has 2 heterocycles. The fourth-order valence-corrected chi connectivity index (χ4v) is 2.56. The SMILES string of the molecule is O=C(CSc1ccc(-c2ccccn2)nn1)Nc1cccc(F)c1. The summed E-state index contributed by atoms with van der Waals surface area (Å²) in [6.07, 6.45) is 1.69. The molecule has 0 aliphatic rings. The van der Waals surface area contributed by atoms with Crippen molar-refractivity contribution in [1.82, 2.24) is 15.2 Å². The van der Waals surface area contributed by atoms with Crippen LogP contribution >= 0.6 is 11.8 Å². The number of halogens is 1. The van der Waals surface area contributed by atoms with Gasteiger partial charge in [-0.2, -0.15) is 0 Å². The number of anilines is 1. The predicted molar refractivity (Wildman–Crippen MR) is 91.0 cm³/mol. The molecule has 5 nitrogen and oxygen atoms in total. The van der Waals surface area contributed by atoms with Gasteiger partial charge in [-0.3, -0.25) is 9.78 Å². The molecule has 3 aromatic rings. The molecule has 0 aliphatic carbocycles. The van der Waals surface area contributed by atoms with Crippen LogP contribution in [0.2, 0.25) is 0 Å². The summed E-state index contributed by atoms with van der Waals surface area (Å²) in [6, 6.07) is 14.9. The van der Waals surface area contributed by atoms with E-state index in [0.717, 1.165) is 5.69 Å². The van der Waals surface area contributed by atoms with Crippen molar-refractivity contribution in [3.8, 4) is 11.4 Å². The standard InChI is InChI=1S/C17H13FN4OS/c18-12-4-3-5-13(10-12)20-16(23)11-24-17-8-7-15(21-22-17)14-6-1-2-9-19-14/h1-10H,11H2,(H,20,23). The summed E-state index contributed by atoms with van der Waals surface area (Å²) in [5.74, 6) is -0.466. The van der Waals surface area contributed by atoms with Crippen molar-refractivity contribution < 1.29 is 9.18 Å². The monoisotopic (exact) mass is 340 g/mol. The maximum atomic E-state index is 13.1. The fourth-order valence-electron chi connectivity index (χ4n) is 1.95. The molecule has 0 spiro atoms. The van der Waals surface area contributed by atoms with Crippen LogP contribution in [-0.4, -0.2) is 26.8 Å². The van der Waals surface area contributed by atoms with Crippen molar-refractivity contribution in [1.29, 1.82) is 0 Å². The second kappa shape index (κ2) is 7.65. The molecule has 0 fully saturated rings. The molecule has 0 radical (unpaired) electrons. The molecule has 0 bridgehead atoms. The zero-order valence-corrected chi connectivity index (χ0v) is 13.3. The van der Waals surface area contributed by atoms with Gasteiger partial charge in [-0.1, -0.05) is 23.9 Å². The molecule has 0 saturated carbocycles. The number of nitrogens with one attached hydrogen (secondary N) is 1. The highest BCUT2D eigenvalue weighted by molar-refractivity contribution is 7.99. The lowest BCUT2D eigenvalue weighted by Crippen LogP contribution is -2.14. The zero-order chi connectivity index (χ0) is 16.8. The van der Waals surface area contributed by atoms with E-state index in [-0.39, 0.29) is 11.7 Å². The van der Waals surface area contributed by atoms with Crippen LogP contribution in [0.3, 0.4) is 0 Å². The zero-order valence-electron chi connectivity index (χ0n) is 12.5. The number of aromatic nitrogens is 3. The molecule has 24 heavy (non-hydrogen) atoms. The molecule has 1 amide bonds. The van der Waals surface area contributed by atoms with Crippen LogP contribution in [0.1, 0.15) is 0 Å². The Bertz CT molecular complexity index is 828. The molecule has 0 aliphatic heterocycles. The highest BCUT2D eigenvalue weighted by Gasteiger charge is 2.07. The summed E-state index contributed by atoms with van der Waals surface area (Å²) in [7, 11) is 0. The van der Waals surface area contributed by atoms with Gasteiger partial charge in [0.2, 0.25) is 5.91 Å². The Labute approximate surface area is 142 Å². The first kappa shape index (κ1) is 16.1. The molecule has 0 unspecified atom stereocenters. The second-order valence-corrected chi connectivity index (χ2v) is 5.81. The van der Waals surface area contributed by atoms with Gasteiger partial charge in [0.1, 0.15) is 16.5 Å². The minimum atomic E-state index is -0.392. The number of hydrogen-bond acceptors (Lipinski definition) is 5. The molecule has 3 rings (SSSR count). The maximum Gasteiger partial charge on any atom is 0.234 e. The van der Waals surface area contributed by atoms with Crippen LogP contribution in [0.5, 0.6) is 0 Å². The average molecular weight is 340 g/mol. The Kier molecular flexibility index (Phi) is 5.12. The van der Waals surface area contributed by atoms with Crippen molar-refractivity contribution in [3.05, 3.63) is 66.6 Å². The first-order valence-electron chi connectivity index (χ1n) is 7.14. The van der Waals surface area contributed by atoms with Gasteiger partial charge in [-0.15, -0.1) is 10.2 Å². The molecule has 1 aromatic carbocycles. The van der Waals surface area contributed by atoms with Gasteiger partial charge in [0.25, 0.3) is 0 Å². The maximum absolute atomic E-state index is 13.1. The van der Waals surface area contributed by atoms with E-state index in [1.807, 2.05) is 24.3 Å². The number of amides is 1. The lowest BCUT2D eigenvalue weighted by Gasteiger charge is -2.05. The molecular formula is C17H13FN4OS. The van der Waals surface area contributed by atoms with Gasteiger partial charge in [0.05, 0.1) is 11.4 Å². The lowest BCUT2D eigenvalue weighted by atomic mass is 10.2. The summed E-state index contributed by atoms with van der Waals surface area (Å²) < 4.78 is 13.1. The van der Waals surface area contributed by atoms with Crippen LogP contribution in [0.25, 0.3) is 11.4 Å². The third-order valence-corrected chi connectivity index (χ3v) is 3.95. The van der Waals surface area contributed by atoms with E-state index >= 15 is 0 Å². The number of benzene rings is 1. The summed E-state index contributed by atoms with van der Waals surface area (Å²) in [5.41, 5.74) is 1.84. The number of thioether (sulfide) groups is 1. The van der Waals surface area contributed by atoms with Gasteiger partial charge < -0.3 is 5.32 Å². The minimum Gasteiger partial charge on any atom is -0.325 e. The van der Waals surface area contributed by atoms with Crippen molar-refractivity contribution in [2.45, 2.75) is 5.03 Å². The summed E-state index contributed by atoms with van der Waals surface area (Å²) in [5, 5.41) is 11.5. The van der Waals surface area contributed by atoms with Crippen LogP contribution < -0.4 is 5.32 Å². The Hall–Kier alpha value is -2.80. The third kappa shape index (κ3) is 4.36. The molecule has 7 heteroatoms. The first-order chi connectivity index (χ1) is 11.7. The normalized spacial score (nSPS) is 10.4. The summed E-state index contributed by atoms with van der Waals surface area (Å²) >= 11 is 1.26. The third-order valence-electron chi connectivity index (χ3n) is 3.03. The minimum absolute atomic E-state index is 0.161. The van der Waals surface area contributed by atoms with E-state index in [0.29, 0.717) is 16.4 Å². The Balaban J connectivity index is 1.56. The molecule has 1 N–H and O–H groups in total. The number of carbonyl (C=O) groups is 1. The first-order valence-corrected chi connectivity index (χ1v) is 8.12. The van der Waals surface area contributed by atoms with Crippen molar-refractivity contribution in [2.75, 3.05) is 11.1 Å². The number of pyridine rings is 1. The highest BCUT2D eigenvalue weighted by atomic mass is 32.2. The van der Waals surface area contributed by atoms with Crippen molar-refractivity contribution >= 4 is 23.4 Å². The van der Waals surface area contributed by atoms with Crippen LogP contribution in [0.15, 0.2) is 65.8 Å². The van der Waals surface area contributed by atoms with E-state index in [2.05, 4.69) is 20.5 Å². The molecule has 2 aromatic heterocycles. The Morgan fingerprint density at radius 1 is 1.04 bits per heavy atom. The Morgan fingerprint density at radius 3 is 2.67 bits per heavy atom. The van der Waals surface area contributed by atoms with Crippen molar-refractivity contribution in [3.63, 3.8) is 0 Å². The number of carbonyl (C=O) groups excluding carboxylic acids is 1. The van der Waals surface area contributed by atoms with E-state index in [1.165, 1.54) is 23.9 Å². The molecular weight excluding hydrogens is 327 g/mol. The second-order valence-electron chi connectivity index (χ2n) is 4.82. The van der Waals surface area contributed by atoms with Crippen LogP contribution in [-0.2, 0) is 4.79 Å². The lowest BCUT2D eigenvalue weighted by molar-refractivity contribution is -0.113. The van der Waals surface area contributed by atoms with Gasteiger partial charge in [-0.05, 0) is 42.5 Å². The smallest absolute Gasteiger partial charge is 0.234 e. The quantitative estimate of drug-likeness (QED) is 0.721. The predicted octanol–water partition coefficient (Wildman–Crippen LogP) is 3.41. The Morgan fingerprint density at radius 2 is 1.96 bits per heavy atom. The number of hydrogen-bond donors (Lipinski definition) is 1. The van der Waals surface area contributed by atoms with E-state index in [4.69, 9.17) is 0 Å². The van der Waals surface area contributed by atoms with Gasteiger partial charge in [-0.25, -0.2) is 4.39 Å². The number of rotatable bonds is 5. The fraction of sp³-hybridized carbons (Fsp3) is 0.0588. The van der Waals surface area contributed by atoms with Crippen LogP contribution in [0.4, 0.5) is 10.1 Å². The van der Waals surface area contributed by atoms with E-state index in [1.54, 1.807) is 24.4 Å². The topological polar surface area (TPSA) is 67.8 Å². The van der Waals surface area contributed by atoms with Crippen molar-refractivity contribution in [2.24, 2.45) is 0 Å². The van der Waals surface area contributed by atoms with Crippen LogP contribution in [0, 0.1) is 5.82 Å². The largest absolute Gasteiger partial charge is 0.325 e.